The summed E-state index contributed by atoms with van der Waals surface area (Å²) in [6.07, 6.45) is 2.82. The van der Waals surface area contributed by atoms with Crippen molar-refractivity contribution in [1.82, 2.24) is 5.43 Å². The number of nitrogens with one attached hydrogen (secondary N) is 1. The Labute approximate surface area is 118 Å². The van der Waals surface area contributed by atoms with Gasteiger partial charge in [-0.2, -0.15) is 0 Å². The van der Waals surface area contributed by atoms with Crippen LogP contribution in [-0.4, -0.2) is 18.8 Å². The van der Waals surface area contributed by atoms with Gasteiger partial charge in [0.25, 0.3) is 0 Å². The Morgan fingerprint density at radius 3 is 2.84 bits per heavy atom. The maximum atomic E-state index is 13.8. The quantitative estimate of drug-likeness (QED) is 0.598. The van der Waals surface area contributed by atoms with Gasteiger partial charge in [0, 0.05) is 11.6 Å². The van der Waals surface area contributed by atoms with Gasteiger partial charge in [0.15, 0.2) is 0 Å². The molecule has 0 bridgehead atoms. The van der Waals surface area contributed by atoms with Crippen LogP contribution >= 0.6 is 11.6 Å². The molecule has 1 aromatic rings. The molecule has 1 aliphatic rings. The minimum atomic E-state index is -0.254. The standard InChI is InChI=1S/C14H20ClFN2O/c1-2-19-14(9-3-4-9)13(18-17)8-10-7-11(15)5-6-12(10)16/h5-7,9,13-14,18H,2-4,8,17H2,1H3. The normalized spacial score (nSPS) is 18.3. The number of halogens is 2. The third kappa shape index (κ3) is 3.89. The number of hydrogen-bond donors (Lipinski definition) is 2. The second kappa shape index (κ2) is 6.66. The van der Waals surface area contributed by atoms with Gasteiger partial charge in [-0.25, -0.2) is 4.39 Å². The molecule has 3 nitrogen and oxygen atoms in total. The molecular formula is C14H20ClFN2O. The summed E-state index contributed by atoms with van der Waals surface area (Å²) < 4.78 is 19.5. The molecule has 1 aromatic carbocycles. The van der Waals surface area contributed by atoms with Crippen molar-refractivity contribution in [1.29, 1.82) is 0 Å². The van der Waals surface area contributed by atoms with Crippen molar-refractivity contribution < 1.29 is 9.13 Å². The predicted molar refractivity (Wildman–Crippen MR) is 74.4 cm³/mol. The first-order valence-corrected chi connectivity index (χ1v) is 7.05. The molecule has 0 aromatic heterocycles. The van der Waals surface area contributed by atoms with Crippen LogP contribution in [0, 0.1) is 11.7 Å². The van der Waals surface area contributed by atoms with Crippen LogP contribution in [0.3, 0.4) is 0 Å². The average Bonchev–Trinajstić information content (AvgIpc) is 3.22. The maximum absolute atomic E-state index is 13.8. The number of nitrogens with two attached hydrogens (primary N) is 1. The lowest BCUT2D eigenvalue weighted by molar-refractivity contribution is 0.0190. The van der Waals surface area contributed by atoms with Crippen LogP contribution in [0.2, 0.25) is 5.02 Å². The van der Waals surface area contributed by atoms with E-state index in [4.69, 9.17) is 22.2 Å². The summed E-state index contributed by atoms with van der Waals surface area (Å²) in [5.41, 5.74) is 3.34. The van der Waals surface area contributed by atoms with Crippen LogP contribution in [0.5, 0.6) is 0 Å². The second-order valence-electron chi connectivity index (χ2n) is 4.97. The molecule has 0 spiro atoms. The molecular weight excluding hydrogens is 267 g/mol. The zero-order valence-corrected chi connectivity index (χ0v) is 11.8. The predicted octanol–water partition coefficient (Wildman–Crippen LogP) is 2.67. The smallest absolute Gasteiger partial charge is 0.126 e. The van der Waals surface area contributed by atoms with E-state index >= 15 is 0 Å². The minimum Gasteiger partial charge on any atom is -0.377 e. The lowest BCUT2D eigenvalue weighted by atomic mass is 9.98. The molecule has 1 saturated carbocycles. The number of hydrogen-bond acceptors (Lipinski definition) is 3. The molecule has 2 atom stereocenters. The van der Waals surface area contributed by atoms with Gasteiger partial charge >= 0.3 is 0 Å². The first-order chi connectivity index (χ1) is 9.15. The van der Waals surface area contributed by atoms with Gasteiger partial charge in [-0.05, 0) is 55.9 Å². The summed E-state index contributed by atoms with van der Waals surface area (Å²) in [7, 11) is 0. The van der Waals surface area contributed by atoms with Gasteiger partial charge in [0.05, 0.1) is 12.1 Å². The monoisotopic (exact) mass is 286 g/mol. The van der Waals surface area contributed by atoms with Crippen molar-refractivity contribution in [3.63, 3.8) is 0 Å². The molecule has 2 rings (SSSR count). The van der Waals surface area contributed by atoms with Crippen molar-refractivity contribution in [2.45, 2.75) is 38.3 Å². The van der Waals surface area contributed by atoms with Crippen molar-refractivity contribution in [3.8, 4) is 0 Å². The van der Waals surface area contributed by atoms with Crippen molar-refractivity contribution in [2.75, 3.05) is 6.61 Å². The number of rotatable bonds is 7. The molecule has 1 aliphatic carbocycles. The van der Waals surface area contributed by atoms with E-state index in [1.54, 1.807) is 12.1 Å². The fraction of sp³-hybridized carbons (Fsp3) is 0.571. The largest absolute Gasteiger partial charge is 0.377 e. The van der Waals surface area contributed by atoms with E-state index < -0.39 is 0 Å². The minimum absolute atomic E-state index is 0.0355. The van der Waals surface area contributed by atoms with Crippen LogP contribution in [0.15, 0.2) is 18.2 Å². The third-order valence-corrected chi connectivity index (χ3v) is 3.74. The van der Waals surface area contributed by atoms with E-state index in [1.807, 2.05) is 6.92 Å². The molecule has 5 heteroatoms. The van der Waals surface area contributed by atoms with Crippen LogP contribution in [0.25, 0.3) is 0 Å². The highest BCUT2D eigenvalue weighted by Gasteiger charge is 2.37. The van der Waals surface area contributed by atoms with Crippen LogP contribution < -0.4 is 11.3 Å². The highest BCUT2D eigenvalue weighted by Crippen LogP contribution is 2.36. The first-order valence-electron chi connectivity index (χ1n) is 6.67. The molecule has 1 fully saturated rings. The number of benzene rings is 1. The Balaban J connectivity index is 2.10. The van der Waals surface area contributed by atoms with Gasteiger partial charge in [-0.15, -0.1) is 0 Å². The van der Waals surface area contributed by atoms with E-state index in [-0.39, 0.29) is 18.0 Å². The molecule has 3 N–H and O–H groups in total. The summed E-state index contributed by atoms with van der Waals surface area (Å²) in [4.78, 5) is 0. The third-order valence-electron chi connectivity index (χ3n) is 3.50. The SMILES string of the molecule is CCOC(C1CC1)C(Cc1cc(Cl)ccc1F)NN. The van der Waals surface area contributed by atoms with E-state index in [1.165, 1.54) is 6.07 Å². The van der Waals surface area contributed by atoms with E-state index in [0.717, 1.165) is 12.8 Å². The lowest BCUT2D eigenvalue weighted by Gasteiger charge is -2.26. The van der Waals surface area contributed by atoms with Gasteiger partial charge in [0.1, 0.15) is 5.82 Å². The Hall–Kier alpha value is -0.680. The zero-order valence-electron chi connectivity index (χ0n) is 11.0. The molecule has 0 amide bonds. The van der Waals surface area contributed by atoms with E-state index in [2.05, 4.69) is 5.43 Å². The van der Waals surface area contributed by atoms with E-state index in [0.29, 0.717) is 29.5 Å². The maximum Gasteiger partial charge on any atom is 0.126 e. The Bertz CT molecular complexity index is 426. The fourth-order valence-corrected chi connectivity index (χ4v) is 2.60. The Morgan fingerprint density at radius 1 is 1.53 bits per heavy atom. The summed E-state index contributed by atoms with van der Waals surface area (Å²) in [5, 5.41) is 0.534. The topological polar surface area (TPSA) is 47.3 Å². The van der Waals surface area contributed by atoms with Crippen LogP contribution in [0.4, 0.5) is 4.39 Å². The molecule has 0 aliphatic heterocycles. The summed E-state index contributed by atoms with van der Waals surface area (Å²) >= 11 is 5.91. The van der Waals surface area contributed by atoms with Crippen molar-refractivity contribution in [2.24, 2.45) is 11.8 Å². The van der Waals surface area contributed by atoms with Gasteiger partial charge in [-0.3, -0.25) is 11.3 Å². The van der Waals surface area contributed by atoms with E-state index in [9.17, 15) is 4.39 Å². The second-order valence-corrected chi connectivity index (χ2v) is 5.41. The fourth-order valence-electron chi connectivity index (χ4n) is 2.40. The number of ether oxygens (including phenoxy) is 1. The van der Waals surface area contributed by atoms with Gasteiger partial charge < -0.3 is 4.74 Å². The molecule has 19 heavy (non-hydrogen) atoms. The average molecular weight is 287 g/mol. The highest BCUT2D eigenvalue weighted by molar-refractivity contribution is 6.30. The summed E-state index contributed by atoms with van der Waals surface area (Å²) in [5.74, 6) is 5.90. The highest BCUT2D eigenvalue weighted by atomic mass is 35.5. The van der Waals surface area contributed by atoms with Gasteiger partial charge in [0.2, 0.25) is 0 Å². The molecule has 106 valence electrons. The first kappa shape index (κ1) is 14.7. The van der Waals surface area contributed by atoms with Crippen molar-refractivity contribution >= 4 is 11.6 Å². The van der Waals surface area contributed by atoms with Gasteiger partial charge in [-0.1, -0.05) is 11.6 Å². The number of hydrazine groups is 1. The van der Waals surface area contributed by atoms with Crippen LogP contribution in [-0.2, 0) is 11.2 Å². The Morgan fingerprint density at radius 2 is 2.26 bits per heavy atom. The molecule has 0 heterocycles. The zero-order chi connectivity index (χ0) is 13.8. The molecule has 0 radical (unpaired) electrons. The summed E-state index contributed by atoms with van der Waals surface area (Å²) in [6, 6.07) is 4.49. The van der Waals surface area contributed by atoms with Crippen LogP contribution in [0.1, 0.15) is 25.3 Å². The lowest BCUT2D eigenvalue weighted by Crippen LogP contribution is -2.47. The summed E-state index contributed by atoms with van der Waals surface area (Å²) in [6.45, 7) is 2.60. The van der Waals surface area contributed by atoms with Crippen molar-refractivity contribution in [3.05, 3.63) is 34.6 Å². The Kier molecular flexibility index (Phi) is 5.16. The molecule has 2 unspecified atom stereocenters. The molecule has 0 saturated heterocycles.